The number of primary amides is 1. The number of nitrogens with zero attached hydrogens (tertiary/aromatic N) is 2. The summed E-state index contributed by atoms with van der Waals surface area (Å²) in [5, 5.41) is 29.3. The Balaban J connectivity index is 0.000000804. The van der Waals surface area contributed by atoms with E-state index in [0.29, 0.717) is 35.2 Å². The van der Waals surface area contributed by atoms with Gasteiger partial charge in [0.15, 0.2) is 6.04 Å². The molecule has 1 fully saturated rings. The number of carbonyl (C=O) groups excluding carboxylic acids is 3. The molecule has 0 radical (unpaired) electrons. The molecule has 3 amide bonds. The van der Waals surface area contributed by atoms with Crippen molar-refractivity contribution >= 4 is 35.3 Å². The number of nitrogens with one attached hydrogen (secondary N) is 1. The maximum absolute atomic E-state index is 13.8. The Morgan fingerprint density at radius 1 is 0.938 bits per heavy atom. The summed E-state index contributed by atoms with van der Waals surface area (Å²) in [5.74, 6) is -3.58. The zero-order valence-electron chi connectivity index (χ0n) is 26.2. The van der Waals surface area contributed by atoms with E-state index in [1.807, 2.05) is 12.1 Å². The summed E-state index contributed by atoms with van der Waals surface area (Å²) in [6.45, 7) is 3.90. The second-order valence-corrected chi connectivity index (χ2v) is 11.3. The molecule has 3 aromatic carbocycles. The number of carbonyl (C=O) groups is 4. The molecule has 48 heavy (non-hydrogen) atoms. The smallest absolute Gasteiger partial charge is 0.496 e. The van der Waals surface area contributed by atoms with Gasteiger partial charge >= 0.3 is 24.1 Å². The van der Waals surface area contributed by atoms with Crippen LogP contribution in [-0.4, -0.2) is 92.9 Å². The van der Waals surface area contributed by atoms with Crippen molar-refractivity contribution in [1.29, 1.82) is 0 Å². The first kappa shape index (κ1) is 37.0. The van der Waals surface area contributed by atoms with E-state index in [4.69, 9.17) is 20.4 Å². The third-order valence-corrected chi connectivity index (χ3v) is 7.46. The number of aliphatic carboxylic acids is 1. The number of benzene rings is 3. The quantitative estimate of drug-likeness (QED) is 0.128. The van der Waals surface area contributed by atoms with Gasteiger partial charge in [-0.3, -0.25) is 4.79 Å². The molecule has 0 aromatic heterocycles. The molecule has 2 atom stereocenters. The fourth-order valence-electron chi connectivity index (χ4n) is 5.14. The normalized spacial score (nSPS) is 17.4. The number of anilines is 1. The number of phenols is 2. The number of carboxylic acids is 1. The molecule has 0 saturated carbocycles. The number of quaternary nitrogens is 1. The summed E-state index contributed by atoms with van der Waals surface area (Å²) in [7, 11) is 2.09. The van der Waals surface area contributed by atoms with Gasteiger partial charge in [-0.25, -0.2) is 14.9 Å². The van der Waals surface area contributed by atoms with Crippen LogP contribution in [0.2, 0.25) is 0 Å². The fourth-order valence-corrected chi connectivity index (χ4v) is 5.14. The SMILES string of the molecule is CCOC(=O)c1ccc(NC(=O)/[N+](=C2/CC[N+](C)(Cc3ccc(O)cc3)C2)[C@@H](Cc2ccc(O)cc2)C(N)=O)cc1.O=C(O)C(F)(F)F. The third kappa shape index (κ3) is 10.6. The number of halogens is 3. The van der Waals surface area contributed by atoms with Gasteiger partial charge in [0.1, 0.15) is 36.0 Å². The largest absolute Gasteiger partial charge is 0.508 e. The van der Waals surface area contributed by atoms with Crippen LogP contribution in [0.15, 0.2) is 72.8 Å². The van der Waals surface area contributed by atoms with E-state index >= 15 is 0 Å². The topological polar surface area (TPSA) is 179 Å². The van der Waals surface area contributed by atoms with Crippen LogP contribution in [0.5, 0.6) is 11.5 Å². The molecule has 256 valence electrons. The molecule has 1 aliphatic rings. The number of nitrogens with two attached hydrogens (primary N) is 1. The van der Waals surface area contributed by atoms with E-state index in [-0.39, 0.29) is 24.5 Å². The van der Waals surface area contributed by atoms with E-state index in [9.17, 15) is 37.8 Å². The molecule has 1 aliphatic heterocycles. The second kappa shape index (κ2) is 15.9. The molecule has 15 heteroatoms. The first-order valence-corrected chi connectivity index (χ1v) is 14.7. The molecule has 1 heterocycles. The Labute approximate surface area is 274 Å². The summed E-state index contributed by atoms with van der Waals surface area (Å²) in [5.41, 5.74) is 9.25. The van der Waals surface area contributed by atoms with Crippen molar-refractivity contribution in [2.45, 2.75) is 38.5 Å². The van der Waals surface area contributed by atoms with Crippen LogP contribution in [0.1, 0.15) is 34.8 Å². The predicted molar refractivity (Wildman–Crippen MR) is 168 cm³/mol. The van der Waals surface area contributed by atoms with Gasteiger partial charge in [0, 0.05) is 12.0 Å². The van der Waals surface area contributed by atoms with Crippen molar-refractivity contribution in [1.82, 2.24) is 0 Å². The Hall–Kier alpha value is -5.44. The number of urea groups is 1. The Bertz CT molecular complexity index is 1640. The van der Waals surface area contributed by atoms with Crippen LogP contribution in [0, 0.1) is 0 Å². The lowest BCUT2D eigenvalue weighted by molar-refractivity contribution is -0.907. The maximum atomic E-state index is 13.8. The van der Waals surface area contributed by atoms with Crippen molar-refractivity contribution in [3.63, 3.8) is 0 Å². The Kier molecular flexibility index (Phi) is 12.3. The van der Waals surface area contributed by atoms with Gasteiger partial charge in [-0.1, -0.05) is 12.1 Å². The highest BCUT2D eigenvalue weighted by atomic mass is 19.4. The average molecular weight is 675 g/mol. The summed E-state index contributed by atoms with van der Waals surface area (Å²) in [4.78, 5) is 47.6. The first-order valence-electron chi connectivity index (χ1n) is 14.7. The minimum atomic E-state index is -5.08. The standard InChI is InChI=1S/C31H34N4O6.C2HF3O2/c1-3-41-30(39)23-8-10-24(11-9-23)33-31(40)34(28(29(32)38)18-21-4-12-26(36)13-5-21)25-16-17-35(2,20-25)19-22-6-14-27(37)15-7-22;3-2(4,5)1(6)7/h4-15,28H,3,16-20H2,1-2H3,(H3-2,32,33,36,37,38,39,40);(H,6,7)/p+2/b34-25-;/t28-,35?;/m0./s1. The molecule has 3 aromatic rings. The van der Waals surface area contributed by atoms with Crippen LogP contribution in [0.3, 0.4) is 0 Å². The fraction of sp³-hybridized carbons (Fsp3) is 0.303. The Morgan fingerprint density at radius 3 is 1.94 bits per heavy atom. The lowest BCUT2D eigenvalue weighted by Gasteiger charge is -2.28. The number of amides is 3. The Morgan fingerprint density at radius 2 is 1.46 bits per heavy atom. The molecule has 4 rings (SSSR count). The molecule has 0 spiro atoms. The van der Waals surface area contributed by atoms with Crippen molar-refractivity contribution < 1.29 is 61.5 Å². The summed E-state index contributed by atoms with van der Waals surface area (Å²) in [6, 6.07) is 18.3. The lowest BCUT2D eigenvalue weighted by Crippen LogP contribution is -2.49. The predicted octanol–water partition coefficient (Wildman–Crippen LogP) is 4.04. The maximum Gasteiger partial charge on any atom is 0.496 e. The summed E-state index contributed by atoms with van der Waals surface area (Å²) >= 11 is 0. The van der Waals surface area contributed by atoms with E-state index in [1.165, 1.54) is 16.7 Å². The minimum Gasteiger partial charge on any atom is -0.508 e. The molecular weight excluding hydrogens is 637 g/mol. The van der Waals surface area contributed by atoms with Gasteiger partial charge < -0.3 is 30.3 Å². The molecule has 6 N–H and O–H groups in total. The third-order valence-electron chi connectivity index (χ3n) is 7.46. The summed E-state index contributed by atoms with van der Waals surface area (Å²) in [6.07, 6.45) is -4.35. The van der Waals surface area contributed by atoms with E-state index in [1.54, 1.807) is 55.5 Å². The van der Waals surface area contributed by atoms with Gasteiger partial charge in [-0.05, 0) is 73.2 Å². The summed E-state index contributed by atoms with van der Waals surface area (Å²) < 4.78 is 38.8. The highest BCUT2D eigenvalue weighted by Gasteiger charge is 2.41. The van der Waals surface area contributed by atoms with Crippen molar-refractivity contribution in [2.75, 3.05) is 32.1 Å². The van der Waals surface area contributed by atoms with E-state index < -0.39 is 36.1 Å². The zero-order valence-corrected chi connectivity index (χ0v) is 26.2. The number of esters is 1. The number of hydrogen-bond acceptors (Lipinski definition) is 7. The van der Waals surface area contributed by atoms with E-state index in [2.05, 4.69) is 12.4 Å². The van der Waals surface area contributed by atoms with Gasteiger partial charge in [0.05, 0.1) is 32.2 Å². The van der Waals surface area contributed by atoms with Crippen LogP contribution in [0.4, 0.5) is 23.7 Å². The van der Waals surface area contributed by atoms with Crippen LogP contribution in [-0.2, 0) is 27.3 Å². The van der Waals surface area contributed by atoms with Gasteiger partial charge in [-0.15, -0.1) is 0 Å². The zero-order chi connectivity index (χ0) is 35.6. The van der Waals surface area contributed by atoms with Crippen molar-refractivity contribution in [3.05, 3.63) is 89.5 Å². The van der Waals surface area contributed by atoms with Crippen LogP contribution in [0.25, 0.3) is 0 Å². The highest BCUT2D eigenvalue weighted by Crippen LogP contribution is 2.23. The van der Waals surface area contributed by atoms with Crippen LogP contribution >= 0.6 is 0 Å². The van der Waals surface area contributed by atoms with Gasteiger partial charge in [0.2, 0.25) is 0 Å². The molecule has 1 unspecified atom stereocenters. The molecular formula is C33H37F3N4O8+2. The minimum absolute atomic E-state index is 0.0951. The molecule has 0 aliphatic carbocycles. The number of carboxylic acid groups (broad SMARTS) is 1. The van der Waals surface area contributed by atoms with Crippen molar-refractivity contribution in [2.24, 2.45) is 5.73 Å². The first-order chi connectivity index (χ1) is 22.5. The number of rotatable bonds is 9. The number of alkyl halides is 3. The van der Waals surface area contributed by atoms with Gasteiger partial charge in [0.25, 0.3) is 5.91 Å². The lowest BCUT2D eigenvalue weighted by atomic mass is 10.0. The average Bonchev–Trinajstić information content (AvgIpc) is 3.40. The number of likely N-dealkylation sites (tertiary alicyclic amines) is 1. The number of aromatic hydroxyl groups is 2. The number of hydrogen-bond donors (Lipinski definition) is 5. The second-order valence-electron chi connectivity index (χ2n) is 11.3. The highest BCUT2D eigenvalue weighted by molar-refractivity contribution is 5.95. The van der Waals surface area contributed by atoms with Crippen molar-refractivity contribution in [3.8, 4) is 11.5 Å². The van der Waals surface area contributed by atoms with Crippen LogP contribution < -0.4 is 11.1 Å². The molecule has 0 bridgehead atoms. The van der Waals surface area contributed by atoms with Gasteiger partial charge in [-0.2, -0.15) is 22.5 Å². The monoisotopic (exact) mass is 674 g/mol. The number of phenolic OH excluding ortho intramolecular Hbond substituents is 2. The molecule has 1 saturated heterocycles. The molecule has 12 nitrogen and oxygen atoms in total. The number of ether oxygens (including phenoxy) is 1. The van der Waals surface area contributed by atoms with E-state index in [0.717, 1.165) is 23.4 Å².